The minimum Gasteiger partial charge on any atom is -0.480 e. The number of amides is 1. The van der Waals surface area contributed by atoms with Crippen molar-refractivity contribution in [1.29, 1.82) is 0 Å². The first-order valence-corrected chi connectivity index (χ1v) is 9.67. The van der Waals surface area contributed by atoms with E-state index < -0.39 is 5.97 Å². The third-order valence-electron chi connectivity index (χ3n) is 5.80. The van der Waals surface area contributed by atoms with Crippen molar-refractivity contribution in [3.8, 4) is 0 Å². The Labute approximate surface area is 151 Å². The summed E-state index contributed by atoms with van der Waals surface area (Å²) in [6.45, 7) is 13.4. The summed E-state index contributed by atoms with van der Waals surface area (Å²) in [6.07, 6.45) is 1.87. The fourth-order valence-corrected chi connectivity index (χ4v) is 4.02. The second-order valence-electron chi connectivity index (χ2n) is 7.16. The number of likely N-dealkylation sites (tertiary alicyclic amines) is 1. The molecular weight excluding hydrogens is 320 g/mol. The molecule has 0 saturated carbocycles. The third-order valence-corrected chi connectivity index (χ3v) is 5.80. The number of hydrogen-bond donors (Lipinski definition) is 1. The fourth-order valence-electron chi connectivity index (χ4n) is 4.02. The van der Waals surface area contributed by atoms with Crippen LogP contribution >= 0.6 is 0 Å². The average Bonchev–Trinajstić information content (AvgIpc) is 2.65. The predicted molar refractivity (Wildman–Crippen MR) is 97.6 cm³/mol. The van der Waals surface area contributed by atoms with Crippen LogP contribution in [-0.4, -0.2) is 108 Å². The van der Waals surface area contributed by atoms with Crippen molar-refractivity contribution >= 4 is 11.9 Å². The largest absolute Gasteiger partial charge is 0.480 e. The van der Waals surface area contributed by atoms with Gasteiger partial charge in [0.1, 0.15) is 0 Å². The molecular formula is C18H34N4O3. The molecule has 0 radical (unpaired) electrons. The number of piperidine rings is 1. The standard InChI is InChI=1S/C18H34N4O3/c1-4-19-10-12-22(13-11-19)18(25)15(3)21-8-6-16(7-9-21)20(5-2)14-17(23)24/h15-16H,4-14H2,1-3H3,(H,23,24). The lowest BCUT2D eigenvalue weighted by Gasteiger charge is -2.41. The second-order valence-corrected chi connectivity index (χ2v) is 7.16. The first-order chi connectivity index (χ1) is 12.0. The summed E-state index contributed by atoms with van der Waals surface area (Å²) >= 11 is 0. The number of carbonyl (C=O) groups excluding carboxylic acids is 1. The van der Waals surface area contributed by atoms with E-state index in [1.807, 2.05) is 23.6 Å². The Morgan fingerprint density at radius 2 is 1.68 bits per heavy atom. The Morgan fingerprint density at radius 1 is 1.08 bits per heavy atom. The van der Waals surface area contributed by atoms with Gasteiger partial charge in [0.2, 0.25) is 5.91 Å². The number of carbonyl (C=O) groups is 2. The molecule has 144 valence electrons. The average molecular weight is 354 g/mol. The van der Waals surface area contributed by atoms with E-state index in [0.717, 1.165) is 65.2 Å². The lowest BCUT2D eigenvalue weighted by Crippen LogP contribution is -2.56. The number of nitrogens with zero attached hydrogens (tertiary/aromatic N) is 4. The van der Waals surface area contributed by atoms with E-state index in [1.54, 1.807) is 0 Å². The van der Waals surface area contributed by atoms with Gasteiger partial charge < -0.3 is 14.9 Å². The van der Waals surface area contributed by atoms with Crippen molar-refractivity contribution < 1.29 is 14.7 Å². The molecule has 2 saturated heterocycles. The highest BCUT2D eigenvalue weighted by Gasteiger charge is 2.32. The van der Waals surface area contributed by atoms with Crippen molar-refractivity contribution in [2.24, 2.45) is 0 Å². The molecule has 0 aliphatic carbocycles. The molecule has 0 bridgehead atoms. The molecule has 1 unspecified atom stereocenters. The minimum absolute atomic E-state index is 0.0799. The quantitative estimate of drug-likeness (QED) is 0.714. The van der Waals surface area contributed by atoms with Crippen molar-refractivity contribution in [1.82, 2.24) is 19.6 Å². The van der Waals surface area contributed by atoms with Crippen LogP contribution in [0.5, 0.6) is 0 Å². The summed E-state index contributed by atoms with van der Waals surface area (Å²) < 4.78 is 0. The summed E-state index contributed by atoms with van der Waals surface area (Å²) in [4.78, 5) is 32.5. The molecule has 7 nitrogen and oxygen atoms in total. The number of carboxylic acids is 1. The maximum atomic E-state index is 12.8. The first-order valence-electron chi connectivity index (χ1n) is 9.67. The molecule has 0 aromatic heterocycles. The highest BCUT2D eigenvalue weighted by molar-refractivity contribution is 5.81. The summed E-state index contributed by atoms with van der Waals surface area (Å²) in [6, 6.07) is 0.233. The fraction of sp³-hybridized carbons (Fsp3) is 0.889. The summed E-state index contributed by atoms with van der Waals surface area (Å²) in [5.41, 5.74) is 0. The Morgan fingerprint density at radius 3 is 2.16 bits per heavy atom. The molecule has 2 fully saturated rings. The molecule has 2 rings (SSSR count). The van der Waals surface area contributed by atoms with Crippen LogP contribution in [0.1, 0.15) is 33.6 Å². The molecule has 2 aliphatic rings. The summed E-state index contributed by atoms with van der Waals surface area (Å²) in [5.74, 6) is -0.522. The number of hydrogen-bond acceptors (Lipinski definition) is 5. The van der Waals surface area contributed by atoms with Gasteiger partial charge >= 0.3 is 5.97 Å². The van der Waals surface area contributed by atoms with Gasteiger partial charge in [-0.25, -0.2) is 0 Å². The lowest BCUT2D eigenvalue weighted by molar-refractivity contribution is -0.139. The molecule has 1 amide bonds. The van der Waals surface area contributed by atoms with Crippen molar-refractivity contribution in [3.05, 3.63) is 0 Å². The van der Waals surface area contributed by atoms with E-state index in [2.05, 4.69) is 16.7 Å². The molecule has 25 heavy (non-hydrogen) atoms. The van der Waals surface area contributed by atoms with Crippen LogP contribution in [0.4, 0.5) is 0 Å². The van der Waals surface area contributed by atoms with Crippen LogP contribution in [-0.2, 0) is 9.59 Å². The smallest absolute Gasteiger partial charge is 0.317 e. The number of piperazine rings is 1. The zero-order valence-corrected chi connectivity index (χ0v) is 16.0. The molecule has 0 aromatic carbocycles. The van der Waals surface area contributed by atoms with E-state index in [-0.39, 0.29) is 18.5 Å². The van der Waals surface area contributed by atoms with Crippen LogP contribution in [0.15, 0.2) is 0 Å². The maximum absolute atomic E-state index is 12.8. The first kappa shape index (κ1) is 20.1. The Bertz CT molecular complexity index is 444. The van der Waals surface area contributed by atoms with E-state index in [1.165, 1.54) is 0 Å². The molecule has 1 atom stereocenters. The molecule has 2 heterocycles. The molecule has 7 heteroatoms. The zero-order valence-electron chi connectivity index (χ0n) is 16.0. The second kappa shape index (κ2) is 9.50. The normalized spacial score (nSPS) is 22.3. The van der Waals surface area contributed by atoms with Crippen molar-refractivity contribution in [2.75, 3.05) is 58.9 Å². The van der Waals surface area contributed by atoms with Crippen LogP contribution in [0.2, 0.25) is 0 Å². The molecule has 0 spiro atoms. The Hall–Kier alpha value is -1.18. The number of carboxylic acid groups (broad SMARTS) is 1. The number of likely N-dealkylation sites (N-methyl/N-ethyl adjacent to an activating group) is 2. The van der Waals surface area contributed by atoms with Gasteiger partial charge in [0, 0.05) is 45.3 Å². The van der Waals surface area contributed by atoms with Gasteiger partial charge in [-0.05, 0) is 32.9 Å². The minimum atomic E-state index is -0.765. The number of aliphatic carboxylic acids is 1. The van der Waals surface area contributed by atoms with Crippen LogP contribution in [0.25, 0.3) is 0 Å². The topological polar surface area (TPSA) is 67.3 Å². The van der Waals surface area contributed by atoms with E-state index >= 15 is 0 Å². The van der Waals surface area contributed by atoms with Gasteiger partial charge in [-0.15, -0.1) is 0 Å². The van der Waals surface area contributed by atoms with Crippen LogP contribution in [0, 0.1) is 0 Å². The van der Waals surface area contributed by atoms with E-state index in [0.29, 0.717) is 6.04 Å². The Balaban J connectivity index is 1.81. The van der Waals surface area contributed by atoms with E-state index in [4.69, 9.17) is 5.11 Å². The van der Waals surface area contributed by atoms with Crippen molar-refractivity contribution in [3.63, 3.8) is 0 Å². The van der Waals surface area contributed by atoms with Gasteiger partial charge in [-0.1, -0.05) is 13.8 Å². The SMILES string of the molecule is CCN1CCN(C(=O)C(C)N2CCC(N(CC)CC(=O)O)CC2)CC1. The van der Waals surface area contributed by atoms with Gasteiger partial charge in [-0.2, -0.15) is 0 Å². The third kappa shape index (κ3) is 5.39. The highest BCUT2D eigenvalue weighted by Crippen LogP contribution is 2.19. The lowest BCUT2D eigenvalue weighted by atomic mass is 10.0. The summed E-state index contributed by atoms with van der Waals surface area (Å²) in [5, 5.41) is 9.03. The number of rotatable bonds is 7. The van der Waals surface area contributed by atoms with Crippen molar-refractivity contribution in [2.45, 2.75) is 45.7 Å². The predicted octanol–water partition coefficient (Wildman–Crippen LogP) is 0.410. The molecule has 2 aliphatic heterocycles. The van der Waals surface area contributed by atoms with Crippen LogP contribution < -0.4 is 0 Å². The maximum Gasteiger partial charge on any atom is 0.317 e. The molecule has 1 N–H and O–H groups in total. The van der Waals surface area contributed by atoms with Gasteiger partial charge in [0.25, 0.3) is 0 Å². The molecule has 0 aromatic rings. The Kier molecular flexibility index (Phi) is 7.65. The summed E-state index contributed by atoms with van der Waals surface area (Å²) in [7, 11) is 0. The highest BCUT2D eigenvalue weighted by atomic mass is 16.4. The zero-order chi connectivity index (χ0) is 18.4. The van der Waals surface area contributed by atoms with Gasteiger partial charge in [0.15, 0.2) is 0 Å². The monoisotopic (exact) mass is 354 g/mol. The van der Waals surface area contributed by atoms with E-state index in [9.17, 15) is 9.59 Å². The van der Waals surface area contributed by atoms with Gasteiger partial charge in [0.05, 0.1) is 12.6 Å². The van der Waals surface area contributed by atoms with Gasteiger partial charge in [-0.3, -0.25) is 19.4 Å². The van der Waals surface area contributed by atoms with Crippen LogP contribution in [0.3, 0.4) is 0 Å².